The highest BCUT2D eigenvalue weighted by molar-refractivity contribution is 7.99. The minimum atomic E-state index is 0.218. The molecule has 1 aliphatic rings. The number of amides is 1. The zero-order valence-corrected chi connectivity index (χ0v) is 13.1. The molecule has 0 aliphatic carbocycles. The lowest BCUT2D eigenvalue weighted by molar-refractivity contribution is -0.132. The molecule has 4 nitrogen and oxygen atoms in total. The van der Waals surface area contributed by atoms with E-state index in [1.165, 1.54) is 0 Å². The smallest absolute Gasteiger partial charge is 0.224 e. The van der Waals surface area contributed by atoms with Gasteiger partial charge >= 0.3 is 0 Å². The lowest BCUT2D eigenvalue weighted by Crippen LogP contribution is -2.42. The Labute approximate surface area is 125 Å². The van der Waals surface area contributed by atoms with E-state index in [0.717, 1.165) is 36.0 Å². The highest BCUT2D eigenvalue weighted by Gasteiger charge is 2.20. The molecule has 0 spiro atoms. The standard InChI is InChI=1S/C15H23N3OS/c1-3-18(10-13-6-4-5-12(2)17-13)15(19)9-14-11-20-8-7-16-14/h4-6,14,16H,3,7-11H2,1-2H3. The van der Waals surface area contributed by atoms with Gasteiger partial charge in [0.25, 0.3) is 0 Å². The van der Waals surface area contributed by atoms with E-state index in [1.54, 1.807) is 0 Å². The number of rotatable bonds is 5. The summed E-state index contributed by atoms with van der Waals surface area (Å²) in [6, 6.07) is 6.28. The Balaban J connectivity index is 1.91. The van der Waals surface area contributed by atoms with Gasteiger partial charge in [-0.05, 0) is 26.0 Å². The van der Waals surface area contributed by atoms with E-state index in [0.29, 0.717) is 19.0 Å². The second kappa shape index (κ2) is 7.64. The molecule has 1 saturated heterocycles. The van der Waals surface area contributed by atoms with Crippen LogP contribution in [0.3, 0.4) is 0 Å². The van der Waals surface area contributed by atoms with Crippen LogP contribution in [0.15, 0.2) is 18.2 Å². The van der Waals surface area contributed by atoms with E-state index in [4.69, 9.17) is 0 Å². The van der Waals surface area contributed by atoms with Crippen molar-refractivity contribution in [2.75, 3.05) is 24.6 Å². The Morgan fingerprint density at radius 2 is 2.40 bits per heavy atom. The molecule has 0 radical (unpaired) electrons. The van der Waals surface area contributed by atoms with Gasteiger partial charge in [-0.1, -0.05) is 6.07 Å². The molecule has 0 saturated carbocycles. The first-order chi connectivity index (χ1) is 9.69. The molecule has 1 N–H and O–H groups in total. The molecule has 1 unspecified atom stereocenters. The van der Waals surface area contributed by atoms with Gasteiger partial charge in [0.15, 0.2) is 0 Å². The van der Waals surface area contributed by atoms with Gasteiger partial charge in [0.1, 0.15) is 0 Å². The fourth-order valence-electron chi connectivity index (χ4n) is 2.35. The van der Waals surface area contributed by atoms with Gasteiger partial charge in [0.05, 0.1) is 12.2 Å². The summed E-state index contributed by atoms with van der Waals surface area (Å²) in [5, 5.41) is 3.42. The van der Waals surface area contributed by atoms with Crippen molar-refractivity contribution in [2.24, 2.45) is 0 Å². The summed E-state index contributed by atoms with van der Waals surface area (Å²) in [5.74, 6) is 2.40. The number of aryl methyl sites for hydroxylation is 1. The van der Waals surface area contributed by atoms with Crippen LogP contribution < -0.4 is 5.32 Å². The summed E-state index contributed by atoms with van der Waals surface area (Å²) in [5.41, 5.74) is 1.96. The molecule has 1 atom stereocenters. The lowest BCUT2D eigenvalue weighted by atomic mass is 10.2. The Morgan fingerprint density at radius 1 is 1.55 bits per heavy atom. The Morgan fingerprint density at radius 3 is 3.05 bits per heavy atom. The second-order valence-electron chi connectivity index (χ2n) is 5.11. The number of thioether (sulfide) groups is 1. The van der Waals surface area contributed by atoms with E-state index in [-0.39, 0.29) is 5.91 Å². The van der Waals surface area contributed by atoms with Crippen molar-refractivity contribution in [1.82, 2.24) is 15.2 Å². The van der Waals surface area contributed by atoms with Gasteiger partial charge in [-0.2, -0.15) is 11.8 Å². The molecule has 1 aromatic rings. The molecule has 0 bridgehead atoms. The van der Waals surface area contributed by atoms with E-state index in [2.05, 4.69) is 10.3 Å². The molecular weight excluding hydrogens is 270 g/mol. The molecule has 2 heterocycles. The minimum absolute atomic E-state index is 0.218. The molecule has 5 heteroatoms. The van der Waals surface area contributed by atoms with Gasteiger partial charge in [-0.25, -0.2) is 0 Å². The van der Waals surface area contributed by atoms with Crippen LogP contribution in [0.2, 0.25) is 0 Å². The molecule has 1 aromatic heterocycles. The maximum absolute atomic E-state index is 12.4. The zero-order valence-electron chi connectivity index (χ0n) is 12.3. The maximum Gasteiger partial charge on any atom is 0.224 e. The highest BCUT2D eigenvalue weighted by Crippen LogP contribution is 2.12. The maximum atomic E-state index is 12.4. The Bertz CT molecular complexity index is 446. The summed E-state index contributed by atoms with van der Waals surface area (Å²) in [4.78, 5) is 18.7. The summed E-state index contributed by atoms with van der Waals surface area (Å²) >= 11 is 1.92. The van der Waals surface area contributed by atoms with Crippen molar-refractivity contribution < 1.29 is 4.79 Å². The third kappa shape index (κ3) is 4.49. The van der Waals surface area contributed by atoms with E-state index < -0.39 is 0 Å². The van der Waals surface area contributed by atoms with Crippen LogP contribution in [0.5, 0.6) is 0 Å². The van der Waals surface area contributed by atoms with Gasteiger partial charge in [0.2, 0.25) is 5.91 Å². The van der Waals surface area contributed by atoms with Crippen LogP contribution in [-0.4, -0.2) is 46.4 Å². The van der Waals surface area contributed by atoms with Crippen molar-refractivity contribution in [3.8, 4) is 0 Å². The molecule has 1 aliphatic heterocycles. The van der Waals surface area contributed by atoms with Gasteiger partial charge in [0, 0.05) is 42.8 Å². The van der Waals surface area contributed by atoms with E-state index in [1.807, 2.05) is 48.7 Å². The van der Waals surface area contributed by atoms with Crippen molar-refractivity contribution in [3.63, 3.8) is 0 Å². The normalized spacial score (nSPS) is 18.8. The summed E-state index contributed by atoms with van der Waals surface area (Å²) in [6.45, 7) is 6.35. The van der Waals surface area contributed by atoms with E-state index in [9.17, 15) is 4.79 Å². The molecule has 20 heavy (non-hydrogen) atoms. The van der Waals surface area contributed by atoms with Crippen LogP contribution in [-0.2, 0) is 11.3 Å². The largest absolute Gasteiger partial charge is 0.337 e. The fraction of sp³-hybridized carbons (Fsp3) is 0.600. The zero-order chi connectivity index (χ0) is 14.4. The third-order valence-electron chi connectivity index (χ3n) is 3.45. The van der Waals surface area contributed by atoms with Crippen LogP contribution in [0, 0.1) is 6.92 Å². The van der Waals surface area contributed by atoms with Crippen molar-refractivity contribution in [2.45, 2.75) is 32.9 Å². The van der Waals surface area contributed by atoms with Crippen LogP contribution in [0.25, 0.3) is 0 Å². The van der Waals surface area contributed by atoms with Crippen LogP contribution in [0.4, 0.5) is 0 Å². The number of carbonyl (C=O) groups is 1. The number of hydrogen-bond acceptors (Lipinski definition) is 4. The number of hydrogen-bond donors (Lipinski definition) is 1. The van der Waals surface area contributed by atoms with Crippen molar-refractivity contribution >= 4 is 17.7 Å². The average molecular weight is 293 g/mol. The topological polar surface area (TPSA) is 45.2 Å². The molecule has 0 aromatic carbocycles. The second-order valence-corrected chi connectivity index (χ2v) is 6.26. The highest BCUT2D eigenvalue weighted by atomic mass is 32.2. The Hall–Kier alpha value is -1.07. The monoisotopic (exact) mass is 293 g/mol. The lowest BCUT2D eigenvalue weighted by Gasteiger charge is -2.26. The number of carbonyl (C=O) groups excluding carboxylic acids is 1. The predicted molar refractivity (Wildman–Crippen MR) is 83.8 cm³/mol. The third-order valence-corrected chi connectivity index (χ3v) is 4.58. The fourth-order valence-corrected chi connectivity index (χ4v) is 3.30. The SMILES string of the molecule is CCN(Cc1cccc(C)n1)C(=O)CC1CSCCN1. The number of aromatic nitrogens is 1. The quantitative estimate of drug-likeness (QED) is 0.900. The first-order valence-electron chi connectivity index (χ1n) is 7.20. The summed E-state index contributed by atoms with van der Waals surface area (Å²) in [6.07, 6.45) is 0.590. The van der Waals surface area contributed by atoms with E-state index >= 15 is 0 Å². The summed E-state index contributed by atoms with van der Waals surface area (Å²) in [7, 11) is 0. The Kier molecular flexibility index (Phi) is 5.86. The minimum Gasteiger partial charge on any atom is -0.337 e. The van der Waals surface area contributed by atoms with Crippen LogP contribution >= 0.6 is 11.8 Å². The molecular formula is C15H23N3OS. The average Bonchev–Trinajstić information content (AvgIpc) is 2.46. The van der Waals surface area contributed by atoms with Crippen molar-refractivity contribution in [3.05, 3.63) is 29.6 Å². The molecule has 1 amide bonds. The first kappa shape index (κ1) is 15.3. The van der Waals surface area contributed by atoms with Crippen LogP contribution in [0.1, 0.15) is 24.7 Å². The molecule has 2 rings (SSSR count). The van der Waals surface area contributed by atoms with Gasteiger partial charge < -0.3 is 10.2 Å². The molecule has 110 valence electrons. The van der Waals surface area contributed by atoms with Gasteiger partial charge in [-0.15, -0.1) is 0 Å². The first-order valence-corrected chi connectivity index (χ1v) is 8.36. The van der Waals surface area contributed by atoms with Gasteiger partial charge in [-0.3, -0.25) is 9.78 Å². The number of nitrogens with zero attached hydrogens (tertiary/aromatic N) is 2. The summed E-state index contributed by atoms with van der Waals surface area (Å²) < 4.78 is 0. The predicted octanol–water partition coefficient (Wildman–Crippen LogP) is 1.83. The number of pyridine rings is 1. The number of nitrogens with one attached hydrogen (secondary N) is 1. The van der Waals surface area contributed by atoms with Crippen molar-refractivity contribution in [1.29, 1.82) is 0 Å². The molecule has 1 fully saturated rings.